The molecule has 0 aromatic heterocycles. The molecule has 0 aliphatic heterocycles. The third kappa shape index (κ3) is 6.30. The van der Waals surface area contributed by atoms with Crippen LogP contribution in [-0.4, -0.2) is 0 Å². The summed E-state index contributed by atoms with van der Waals surface area (Å²) < 4.78 is 0. The first-order valence-corrected chi connectivity index (χ1v) is 20.3. The highest BCUT2D eigenvalue weighted by Gasteiger charge is 2.20. The predicted octanol–water partition coefficient (Wildman–Crippen LogP) is 16.4. The van der Waals surface area contributed by atoms with Gasteiger partial charge in [-0.2, -0.15) is 0 Å². The van der Waals surface area contributed by atoms with E-state index >= 15 is 0 Å². The van der Waals surface area contributed by atoms with Crippen LogP contribution in [-0.2, 0) is 0 Å². The molecular weight excluding hydrogens is 711 g/mol. The fourth-order valence-corrected chi connectivity index (χ4v) is 8.91. The van der Waals surface area contributed by atoms with Crippen molar-refractivity contribution in [3.63, 3.8) is 0 Å². The molecule has 0 saturated heterocycles. The number of rotatable bonds is 7. The van der Waals surface area contributed by atoms with Crippen LogP contribution in [0.15, 0.2) is 237 Å². The van der Waals surface area contributed by atoms with Crippen LogP contribution in [0.25, 0.3) is 87.6 Å². The minimum atomic E-state index is 1.09. The number of anilines is 3. The fourth-order valence-electron chi connectivity index (χ4n) is 8.91. The summed E-state index contributed by atoms with van der Waals surface area (Å²) in [5.41, 5.74) is 12.8. The third-order valence-electron chi connectivity index (χ3n) is 11.8. The van der Waals surface area contributed by atoms with Gasteiger partial charge in [-0.05, 0) is 124 Å². The molecule has 59 heavy (non-hydrogen) atoms. The van der Waals surface area contributed by atoms with Crippen molar-refractivity contribution < 1.29 is 0 Å². The van der Waals surface area contributed by atoms with Gasteiger partial charge in [0.2, 0.25) is 0 Å². The van der Waals surface area contributed by atoms with Gasteiger partial charge in [-0.1, -0.05) is 194 Å². The molecule has 0 aliphatic carbocycles. The van der Waals surface area contributed by atoms with Crippen LogP contribution in [0.2, 0.25) is 0 Å². The summed E-state index contributed by atoms with van der Waals surface area (Å²) in [5.74, 6) is 0. The zero-order valence-electron chi connectivity index (χ0n) is 32.5. The average molecular weight is 750 g/mol. The van der Waals surface area contributed by atoms with Gasteiger partial charge < -0.3 is 4.90 Å². The lowest BCUT2D eigenvalue weighted by Gasteiger charge is -2.29. The van der Waals surface area contributed by atoms with Gasteiger partial charge in [-0.15, -0.1) is 0 Å². The minimum absolute atomic E-state index is 1.09. The molecule has 0 unspecified atom stereocenters. The number of benzene rings is 11. The highest BCUT2D eigenvalue weighted by molar-refractivity contribution is 6.17. The van der Waals surface area contributed by atoms with Crippen molar-refractivity contribution in [2.75, 3.05) is 4.90 Å². The van der Waals surface area contributed by atoms with E-state index in [2.05, 4.69) is 241 Å². The van der Waals surface area contributed by atoms with E-state index in [0.717, 1.165) is 17.1 Å². The second-order valence-corrected chi connectivity index (χ2v) is 15.3. The van der Waals surface area contributed by atoms with Crippen LogP contribution in [0, 0.1) is 0 Å². The van der Waals surface area contributed by atoms with Gasteiger partial charge in [0.1, 0.15) is 0 Å². The van der Waals surface area contributed by atoms with Gasteiger partial charge in [0, 0.05) is 16.9 Å². The Balaban J connectivity index is 1.05. The second-order valence-electron chi connectivity index (χ2n) is 15.3. The van der Waals surface area contributed by atoms with E-state index in [9.17, 15) is 0 Å². The molecule has 0 saturated carbocycles. The molecule has 0 radical (unpaired) electrons. The van der Waals surface area contributed by atoms with Gasteiger partial charge in [0.25, 0.3) is 0 Å². The lowest BCUT2D eigenvalue weighted by atomic mass is 9.92. The Morgan fingerprint density at radius 1 is 0.220 bits per heavy atom. The Hall–Kier alpha value is -7.74. The van der Waals surface area contributed by atoms with Crippen molar-refractivity contribution in [1.29, 1.82) is 0 Å². The van der Waals surface area contributed by atoms with Gasteiger partial charge in [-0.25, -0.2) is 0 Å². The van der Waals surface area contributed by atoms with Crippen LogP contribution in [0.5, 0.6) is 0 Å². The summed E-state index contributed by atoms with van der Waals surface area (Å²) in [6, 6.07) is 86.3. The quantitative estimate of drug-likeness (QED) is 0.147. The molecule has 1 heteroatoms. The highest BCUT2D eigenvalue weighted by atomic mass is 15.1. The van der Waals surface area contributed by atoms with Crippen LogP contribution >= 0.6 is 0 Å². The maximum atomic E-state index is 2.42. The molecule has 0 aliphatic rings. The lowest BCUT2D eigenvalue weighted by Crippen LogP contribution is -2.11. The van der Waals surface area contributed by atoms with Crippen LogP contribution in [0.4, 0.5) is 17.1 Å². The molecule has 11 aromatic rings. The van der Waals surface area contributed by atoms with Crippen molar-refractivity contribution >= 4 is 60.2 Å². The first kappa shape index (κ1) is 34.5. The van der Waals surface area contributed by atoms with Crippen molar-refractivity contribution in [2.45, 2.75) is 0 Å². The van der Waals surface area contributed by atoms with E-state index in [1.165, 1.54) is 87.6 Å². The van der Waals surface area contributed by atoms with E-state index in [4.69, 9.17) is 0 Å². The molecule has 276 valence electrons. The van der Waals surface area contributed by atoms with Crippen LogP contribution in [0.1, 0.15) is 0 Å². The summed E-state index contributed by atoms with van der Waals surface area (Å²) in [4.78, 5) is 2.42. The molecule has 11 aromatic carbocycles. The van der Waals surface area contributed by atoms with E-state index in [1.807, 2.05) is 0 Å². The van der Waals surface area contributed by atoms with Crippen molar-refractivity contribution in [3.05, 3.63) is 237 Å². The summed E-state index contributed by atoms with van der Waals surface area (Å²) >= 11 is 0. The summed E-state index contributed by atoms with van der Waals surface area (Å²) in [5, 5.41) is 10.1. The number of hydrogen-bond acceptors (Lipinski definition) is 1. The largest absolute Gasteiger partial charge is 0.310 e. The normalized spacial score (nSPS) is 11.4. The number of para-hydroxylation sites is 1. The molecule has 0 heterocycles. The minimum Gasteiger partial charge on any atom is -0.310 e. The Labute approximate surface area is 344 Å². The standard InChI is InChI=1S/C58H39N/c1-3-14-42(15-4-1)52-36-32-50(39-57(52)48-24-23-40-13-7-8-19-45(40)37-48)59(58-22-12-11-21-54(58)43-16-5-2-6-17-43)49-30-25-41(26-31-49)46-28-33-53-47(38-46)29-35-55-51-20-10-9-18-44(51)27-34-56(53)55/h1-39H. The smallest absolute Gasteiger partial charge is 0.0540 e. The lowest BCUT2D eigenvalue weighted by molar-refractivity contribution is 1.28. The third-order valence-corrected chi connectivity index (χ3v) is 11.8. The van der Waals surface area contributed by atoms with Crippen LogP contribution < -0.4 is 4.90 Å². The predicted molar refractivity (Wildman–Crippen MR) is 253 cm³/mol. The monoisotopic (exact) mass is 749 g/mol. The maximum absolute atomic E-state index is 2.42. The molecule has 0 spiro atoms. The molecule has 0 fully saturated rings. The van der Waals surface area contributed by atoms with E-state index in [0.29, 0.717) is 0 Å². The Kier molecular flexibility index (Phi) is 8.56. The first-order chi connectivity index (χ1) is 29.2. The molecule has 0 amide bonds. The maximum Gasteiger partial charge on any atom is 0.0540 e. The van der Waals surface area contributed by atoms with Crippen molar-refractivity contribution in [1.82, 2.24) is 0 Å². The summed E-state index contributed by atoms with van der Waals surface area (Å²) in [7, 11) is 0. The molecule has 1 nitrogen and oxygen atoms in total. The van der Waals surface area contributed by atoms with Crippen molar-refractivity contribution in [2.24, 2.45) is 0 Å². The first-order valence-electron chi connectivity index (χ1n) is 20.3. The van der Waals surface area contributed by atoms with Gasteiger partial charge in [0.05, 0.1) is 5.69 Å². The highest BCUT2D eigenvalue weighted by Crippen LogP contribution is 2.45. The molecule has 0 atom stereocenters. The number of nitrogens with zero attached hydrogens (tertiary/aromatic N) is 1. The molecule has 0 N–H and O–H groups in total. The van der Waals surface area contributed by atoms with Crippen molar-refractivity contribution in [3.8, 4) is 44.5 Å². The zero-order chi connectivity index (χ0) is 39.1. The molecular formula is C58H39N. The fraction of sp³-hybridized carbons (Fsp3) is 0. The Morgan fingerprint density at radius 2 is 0.746 bits per heavy atom. The van der Waals surface area contributed by atoms with E-state index in [1.54, 1.807) is 0 Å². The Bertz CT molecular complexity index is 3310. The van der Waals surface area contributed by atoms with E-state index in [-0.39, 0.29) is 0 Å². The SMILES string of the molecule is c1ccc(-c2ccc(N(c3ccc(-c4ccc5c(ccc6c7ccccc7ccc56)c4)cc3)c3ccccc3-c3ccccc3)cc2-c2ccc3ccccc3c2)cc1. The molecule has 11 rings (SSSR count). The number of hydrogen-bond donors (Lipinski definition) is 0. The average Bonchev–Trinajstić information content (AvgIpc) is 3.32. The van der Waals surface area contributed by atoms with Gasteiger partial charge in [0.15, 0.2) is 0 Å². The van der Waals surface area contributed by atoms with Crippen LogP contribution in [0.3, 0.4) is 0 Å². The topological polar surface area (TPSA) is 3.24 Å². The van der Waals surface area contributed by atoms with Gasteiger partial charge in [-0.3, -0.25) is 0 Å². The van der Waals surface area contributed by atoms with Gasteiger partial charge >= 0.3 is 0 Å². The van der Waals surface area contributed by atoms with E-state index < -0.39 is 0 Å². The zero-order valence-corrected chi connectivity index (χ0v) is 32.5. The summed E-state index contributed by atoms with van der Waals surface area (Å²) in [6.07, 6.45) is 0. The summed E-state index contributed by atoms with van der Waals surface area (Å²) in [6.45, 7) is 0. The number of fused-ring (bicyclic) bond motifs is 6. The second kappa shape index (κ2) is 14.6. The Morgan fingerprint density at radius 3 is 1.53 bits per heavy atom. The molecule has 0 bridgehead atoms.